The molecule has 0 unspecified atom stereocenters. The number of hydrogen-bond acceptors (Lipinski definition) is 3. The first kappa shape index (κ1) is 18.1. The van der Waals surface area contributed by atoms with Crippen LogP contribution in [0.4, 0.5) is 4.79 Å². The van der Waals surface area contributed by atoms with E-state index in [1.54, 1.807) is 0 Å². The van der Waals surface area contributed by atoms with Gasteiger partial charge in [0, 0.05) is 18.2 Å². The van der Waals surface area contributed by atoms with Crippen molar-refractivity contribution in [3.63, 3.8) is 0 Å². The van der Waals surface area contributed by atoms with Gasteiger partial charge in [0.05, 0.1) is 0 Å². The number of nitrogens with one attached hydrogen (secondary N) is 1. The average Bonchev–Trinajstić information content (AvgIpc) is 2.35. The van der Waals surface area contributed by atoms with Gasteiger partial charge in [0.15, 0.2) is 0 Å². The Morgan fingerprint density at radius 1 is 1.37 bits per heavy atom. The van der Waals surface area contributed by atoms with E-state index in [1.807, 2.05) is 11.8 Å². The van der Waals surface area contributed by atoms with Gasteiger partial charge in [-0.2, -0.15) is 11.8 Å². The second-order valence-corrected chi connectivity index (χ2v) is 6.19. The fourth-order valence-electron chi connectivity index (χ4n) is 1.53. The van der Waals surface area contributed by atoms with Gasteiger partial charge in [-0.25, -0.2) is 4.79 Å². The average molecular weight is 290 g/mol. The largest absolute Gasteiger partial charge is 0.481 e. The van der Waals surface area contributed by atoms with Gasteiger partial charge in [0.1, 0.15) is 0 Å². The summed E-state index contributed by atoms with van der Waals surface area (Å²) in [5.74, 6) is 0.958. The fraction of sp³-hybridized carbons (Fsp3) is 0.846. The highest BCUT2D eigenvalue weighted by atomic mass is 32.2. The monoisotopic (exact) mass is 290 g/mol. The Morgan fingerprint density at radius 2 is 2.05 bits per heavy atom. The number of hydrogen-bond donors (Lipinski definition) is 3. The Morgan fingerprint density at radius 3 is 2.58 bits per heavy atom. The molecule has 0 radical (unpaired) electrons. The molecule has 0 saturated carbocycles. The first-order valence-corrected chi connectivity index (χ1v) is 7.87. The lowest BCUT2D eigenvalue weighted by atomic mass is 10.1. The van der Waals surface area contributed by atoms with Crippen LogP contribution >= 0.6 is 11.8 Å². The van der Waals surface area contributed by atoms with E-state index in [1.165, 1.54) is 0 Å². The molecule has 0 aliphatic heterocycles. The minimum absolute atomic E-state index is 0.214. The second-order valence-electron chi connectivity index (χ2n) is 4.85. The van der Waals surface area contributed by atoms with Crippen LogP contribution in [-0.4, -0.2) is 34.7 Å². The van der Waals surface area contributed by atoms with Crippen LogP contribution in [0.25, 0.3) is 0 Å². The highest BCUT2D eigenvalue weighted by molar-refractivity contribution is 7.99. The van der Waals surface area contributed by atoms with E-state index >= 15 is 0 Å². The van der Waals surface area contributed by atoms with Crippen molar-refractivity contribution in [2.45, 2.75) is 51.2 Å². The van der Waals surface area contributed by atoms with Crippen LogP contribution in [0.1, 0.15) is 46.0 Å². The third-order valence-corrected chi connectivity index (χ3v) is 4.62. The standard InChI is InChI=1S/C13H26N2O3S/c1-3-10(2)9-19-11(8-15-13(14)18)6-4-5-7-12(16)17/h10-11H,3-9H2,1-2H3,(H,16,17)(H3,14,15,18)/t10-,11-/m0/s1. The lowest BCUT2D eigenvalue weighted by molar-refractivity contribution is -0.137. The molecule has 0 bridgehead atoms. The molecule has 2 amide bonds. The summed E-state index contributed by atoms with van der Waals surface area (Å²) in [5.41, 5.74) is 5.08. The normalized spacial score (nSPS) is 13.8. The Kier molecular flexibility index (Phi) is 10.4. The highest BCUT2D eigenvalue weighted by Gasteiger charge is 2.12. The van der Waals surface area contributed by atoms with Crippen LogP contribution in [-0.2, 0) is 4.79 Å². The molecular formula is C13H26N2O3S. The Hall–Kier alpha value is -0.910. The zero-order valence-corrected chi connectivity index (χ0v) is 12.7. The van der Waals surface area contributed by atoms with Gasteiger partial charge >= 0.3 is 12.0 Å². The fourth-order valence-corrected chi connectivity index (χ4v) is 2.90. The van der Waals surface area contributed by atoms with E-state index in [9.17, 15) is 9.59 Å². The minimum atomic E-state index is -0.751. The lowest BCUT2D eigenvalue weighted by Crippen LogP contribution is -2.35. The first-order chi connectivity index (χ1) is 8.95. The number of primary amides is 1. The van der Waals surface area contributed by atoms with E-state index in [0.29, 0.717) is 24.1 Å². The van der Waals surface area contributed by atoms with Crippen LogP contribution in [0.3, 0.4) is 0 Å². The zero-order chi connectivity index (χ0) is 14.7. The first-order valence-electron chi connectivity index (χ1n) is 6.82. The van der Waals surface area contributed by atoms with Crippen molar-refractivity contribution in [2.75, 3.05) is 12.3 Å². The number of nitrogens with two attached hydrogens (primary N) is 1. The van der Waals surface area contributed by atoms with Gasteiger partial charge in [-0.15, -0.1) is 0 Å². The molecule has 0 aliphatic rings. The molecule has 0 aliphatic carbocycles. The van der Waals surface area contributed by atoms with Gasteiger partial charge in [0.25, 0.3) is 0 Å². The van der Waals surface area contributed by atoms with Crippen LogP contribution in [0, 0.1) is 5.92 Å². The molecular weight excluding hydrogens is 264 g/mol. The van der Waals surface area contributed by atoms with E-state index in [2.05, 4.69) is 19.2 Å². The van der Waals surface area contributed by atoms with Crippen molar-refractivity contribution >= 4 is 23.8 Å². The second kappa shape index (κ2) is 11.0. The van der Waals surface area contributed by atoms with Crippen LogP contribution in [0.5, 0.6) is 0 Å². The van der Waals surface area contributed by atoms with E-state index in [-0.39, 0.29) is 6.42 Å². The molecule has 4 N–H and O–H groups in total. The maximum absolute atomic E-state index is 10.7. The summed E-state index contributed by atoms with van der Waals surface area (Å²) < 4.78 is 0. The number of carbonyl (C=O) groups is 2. The summed E-state index contributed by atoms with van der Waals surface area (Å²) in [6.45, 7) is 4.92. The molecule has 0 aromatic heterocycles. The van der Waals surface area contributed by atoms with Crippen molar-refractivity contribution in [1.82, 2.24) is 5.32 Å². The van der Waals surface area contributed by atoms with Crippen LogP contribution in [0.15, 0.2) is 0 Å². The van der Waals surface area contributed by atoms with Gasteiger partial charge in [0.2, 0.25) is 0 Å². The molecule has 0 heterocycles. The lowest BCUT2D eigenvalue weighted by Gasteiger charge is -2.18. The molecule has 0 spiro atoms. The number of carboxylic acid groups (broad SMARTS) is 1. The van der Waals surface area contributed by atoms with Gasteiger partial charge in [-0.1, -0.05) is 26.7 Å². The van der Waals surface area contributed by atoms with Crippen molar-refractivity contribution < 1.29 is 14.7 Å². The quantitative estimate of drug-likeness (QED) is 0.510. The molecule has 5 nitrogen and oxygen atoms in total. The number of carboxylic acids is 1. The zero-order valence-electron chi connectivity index (χ0n) is 11.9. The topological polar surface area (TPSA) is 92.4 Å². The van der Waals surface area contributed by atoms with Crippen molar-refractivity contribution in [1.29, 1.82) is 0 Å². The summed E-state index contributed by atoms with van der Waals surface area (Å²) in [5, 5.41) is 11.5. The summed E-state index contributed by atoms with van der Waals surface area (Å²) in [6.07, 6.45) is 3.82. The third kappa shape index (κ3) is 11.9. The predicted molar refractivity (Wildman–Crippen MR) is 79.4 cm³/mol. The Labute approximate surface area is 119 Å². The highest BCUT2D eigenvalue weighted by Crippen LogP contribution is 2.21. The van der Waals surface area contributed by atoms with Crippen molar-refractivity contribution in [3.05, 3.63) is 0 Å². The number of unbranched alkanes of at least 4 members (excludes halogenated alkanes) is 1. The van der Waals surface area contributed by atoms with Crippen molar-refractivity contribution in [2.24, 2.45) is 11.7 Å². The SMILES string of the molecule is CC[C@H](C)CS[C@@H](CCCCC(=O)O)CNC(N)=O. The number of amides is 2. The van der Waals surface area contributed by atoms with Gasteiger partial charge < -0.3 is 16.2 Å². The summed E-state index contributed by atoms with van der Waals surface area (Å²) in [6, 6.07) is -0.500. The van der Waals surface area contributed by atoms with Gasteiger partial charge in [-0.05, 0) is 24.5 Å². The molecule has 0 aromatic carbocycles. The van der Waals surface area contributed by atoms with Crippen molar-refractivity contribution in [3.8, 4) is 0 Å². The summed E-state index contributed by atoms with van der Waals surface area (Å²) in [7, 11) is 0. The number of urea groups is 1. The maximum Gasteiger partial charge on any atom is 0.312 e. The smallest absolute Gasteiger partial charge is 0.312 e. The Balaban J connectivity index is 3.95. The van der Waals surface area contributed by atoms with E-state index in [4.69, 9.17) is 10.8 Å². The molecule has 19 heavy (non-hydrogen) atoms. The molecule has 0 fully saturated rings. The molecule has 2 atom stereocenters. The molecule has 112 valence electrons. The van der Waals surface area contributed by atoms with Crippen LogP contribution in [0.2, 0.25) is 0 Å². The molecule has 0 aromatic rings. The number of aliphatic carboxylic acids is 1. The van der Waals surface area contributed by atoms with E-state index in [0.717, 1.165) is 25.0 Å². The summed E-state index contributed by atoms with van der Waals surface area (Å²) in [4.78, 5) is 21.2. The summed E-state index contributed by atoms with van der Waals surface area (Å²) >= 11 is 1.84. The van der Waals surface area contributed by atoms with Gasteiger partial charge in [-0.3, -0.25) is 4.79 Å². The number of rotatable bonds is 11. The maximum atomic E-state index is 10.7. The van der Waals surface area contributed by atoms with Crippen LogP contribution < -0.4 is 11.1 Å². The molecule has 0 saturated heterocycles. The number of thioether (sulfide) groups is 1. The molecule has 6 heteroatoms. The number of carbonyl (C=O) groups excluding carboxylic acids is 1. The van der Waals surface area contributed by atoms with E-state index < -0.39 is 12.0 Å². The molecule has 0 rings (SSSR count). The minimum Gasteiger partial charge on any atom is -0.481 e. The Bertz CT molecular complexity index is 275. The third-order valence-electron chi connectivity index (χ3n) is 2.98. The predicted octanol–water partition coefficient (Wildman–Crippen LogP) is 2.45.